The lowest BCUT2D eigenvalue weighted by Gasteiger charge is -2.13. The second-order valence-electron chi connectivity index (χ2n) is 3.69. The van der Waals surface area contributed by atoms with Gasteiger partial charge in [0.2, 0.25) is 0 Å². The molecule has 1 rings (SSSR count). The summed E-state index contributed by atoms with van der Waals surface area (Å²) in [5.41, 5.74) is 1.21. The molecule has 0 saturated heterocycles. The molecule has 0 heterocycles. The lowest BCUT2D eigenvalue weighted by atomic mass is 10.1. The van der Waals surface area contributed by atoms with Crippen molar-refractivity contribution in [2.24, 2.45) is 0 Å². The number of anilines is 1. The Kier molecular flexibility index (Phi) is 3.90. The summed E-state index contributed by atoms with van der Waals surface area (Å²) in [6.07, 6.45) is -0.556. The van der Waals surface area contributed by atoms with Gasteiger partial charge in [-0.05, 0) is 24.6 Å². The van der Waals surface area contributed by atoms with Crippen LogP contribution in [0, 0.1) is 0 Å². The van der Waals surface area contributed by atoms with E-state index in [9.17, 15) is 13.5 Å². The number of benzene rings is 1. The first-order valence-electron chi connectivity index (χ1n) is 4.81. The quantitative estimate of drug-likeness (QED) is 0.828. The Hall–Kier alpha value is -1.11. The van der Waals surface area contributed by atoms with E-state index in [4.69, 9.17) is 0 Å². The second-order valence-corrected chi connectivity index (χ2v) is 5.57. The van der Waals surface area contributed by atoms with Crippen molar-refractivity contribution >= 4 is 15.9 Å². The summed E-state index contributed by atoms with van der Waals surface area (Å²) in [5.74, 6) is 0. The molecule has 0 bridgehead atoms. The van der Waals surface area contributed by atoms with Crippen molar-refractivity contribution in [2.45, 2.75) is 13.0 Å². The zero-order valence-electron chi connectivity index (χ0n) is 9.51. The molecular formula is C10H16N2O3S. The van der Waals surface area contributed by atoms with Crippen LogP contribution in [-0.4, -0.2) is 31.9 Å². The Labute approximate surface area is 95.9 Å². The van der Waals surface area contributed by atoms with Gasteiger partial charge >= 0.3 is 10.2 Å². The second kappa shape index (κ2) is 4.82. The van der Waals surface area contributed by atoms with Crippen LogP contribution in [0.4, 0.5) is 5.69 Å². The van der Waals surface area contributed by atoms with Gasteiger partial charge in [-0.1, -0.05) is 12.1 Å². The zero-order valence-corrected chi connectivity index (χ0v) is 10.3. The highest BCUT2D eigenvalue weighted by atomic mass is 32.2. The minimum Gasteiger partial charge on any atom is -0.389 e. The van der Waals surface area contributed by atoms with Gasteiger partial charge in [-0.15, -0.1) is 0 Å². The minimum atomic E-state index is -3.46. The molecule has 1 atom stereocenters. The van der Waals surface area contributed by atoms with E-state index in [1.807, 2.05) is 0 Å². The molecule has 1 aromatic rings. The van der Waals surface area contributed by atoms with E-state index in [1.54, 1.807) is 31.2 Å². The van der Waals surface area contributed by atoms with Gasteiger partial charge < -0.3 is 5.11 Å². The highest BCUT2D eigenvalue weighted by Crippen LogP contribution is 2.16. The Morgan fingerprint density at radius 1 is 1.25 bits per heavy atom. The number of hydrogen-bond acceptors (Lipinski definition) is 3. The van der Waals surface area contributed by atoms with Crippen molar-refractivity contribution in [1.29, 1.82) is 0 Å². The van der Waals surface area contributed by atoms with Crippen LogP contribution in [0.5, 0.6) is 0 Å². The molecule has 1 unspecified atom stereocenters. The highest BCUT2D eigenvalue weighted by molar-refractivity contribution is 7.90. The SMILES string of the molecule is CC(O)c1ccc(NS(=O)(=O)N(C)C)cc1. The van der Waals surface area contributed by atoms with Gasteiger partial charge in [0.15, 0.2) is 0 Å². The van der Waals surface area contributed by atoms with Crippen LogP contribution in [0.1, 0.15) is 18.6 Å². The maximum atomic E-state index is 11.5. The van der Waals surface area contributed by atoms with Gasteiger partial charge in [-0.3, -0.25) is 4.72 Å². The standard InChI is InChI=1S/C10H16N2O3S/c1-8(13)9-4-6-10(7-5-9)11-16(14,15)12(2)3/h4-8,11,13H,1-3H3. The monoisotopic (exact) mass is 244 g/mol. The molecule has 90 valence electrons. The van der Waals surface area contributed by atoms with Gasteiger partial charge in [0.25, 0.3) is 0 Å². The van der Waals surface area contributed by atoms with E-state index in [1.165, 1.54) is 14.1 Å². The minimum absolute atomic E-state index is 0.470. The summed E-state index contributed by atoms with van der Waals surface area (Å²) in [6.45, 7) is 1.65. The summed E-state index contributed by atoms with van der Waals surface area (Å²) in [7, 11) is -0.562. The normalized spacial score (nSPS) is 13.8. The third-order valence-electron chi connectivity index (χ3n) is 2.12. The first kappa shape index (κ1) is 13.0. The maximum Gasteiger partial charge on any atom is 0.301 e. The summed E-state index contributed by atoms with van der Waals surface area (Å²) in [5, 5.41) is 9.29. The number of hydrogen-bond donors (Lipinski definition) is 2. The molecule has 2 N–H and O–H groups in total. The van der Waals surface area contributed by atoms with Crippen molar-refractivity contribution in [3.63, 3.8) is 0 Å². The molecule has 0 spiro atoms. The van der Waals surface area contributed by atoms with E-state index < -0.39 is 16.3 Å². The van der Waals surface area contributed by atoms with Crippen LogP contribution in [0.3, 0.4) is 0 Å². The van der Waals surface area contributed by atoms with Crippen LogP contribution in [0.2, 0.25) is 0 Å². The first-order chi connectivity index (χ1) is 7.33. The third-order valence-corrected chi connectivity index (χ3v) is 3.58. The molecule has 0 saturated carbocycles. The number of nitrogens with one attached hydrogen (secondary N) is 1. The van der Waals surface area contributed by atoms with E-state index in [2.05, 4.69) is 4.72 Å². The smallest absolute Gasteiger partial charge is 0.301 e. The number of nitrogens with zero attached hydrogens (tertiary/aromatic N) is 1. The molecule has 1 aromatic carbocycles. The predicted molar refractivity (Wildman–Crippen MR) is 63.3 cm³/mol. The van der Waals surface area contributed by atoms with E-state index in [-0.39, 0.29) is 0 Å². The Bertz CT molecular complexity index is 438. The summed E-state index contributed by atoms with van der Waals surface area (Å²) < 4.78 is 26.5. The third kappa shape index (κ3) is 3.19. The van der Waals surface area contributed by atoms with Crippen molar-refractivity contribution in [1.82, 2.24) is 4.31 Å². The van der Waals surface area contributed by atoms with Gasteiger partial charge in [0, 0.05) is 19.8 Å². The molecule has 0 aliphatic heterocycles. The fourth-order valence-corrected chi connectivity index (χ4v) is 1.69. The van der Waals surface area contributed by atoms with Gasteiger partial charge in [0.1, 0.15) is 0 Å². The first-order valence-corrected chi connectivity index (χ1v) is 6.25. The lowest BCUT2D eigenvalue weighted by molar-refractivity contribution is 0.199. The topological polar surface area (TPSA) is 69.6 Å². The van der Waals surface area contributed by atoms with E-state index in [0.29, 0.717) is 5.69 Å². The Balaban J connectivity index is 2.85. The number of rotatable bonds is 4. The van der Waals surface area contributed by atoms with Crippen molar-refractivity contribution in [3.8, 4) is 0 Å². The van der Waals surface area contributed by atoms with E-state index >= 15 is 0 Å². The molecule has 6 heteroatoms. The molecule has 0 amide bonds. The van der Waals surface area contributed by atoms with Gasteiger partial charge in [0.05, 0.1) is 6.10 Å². The highest BCUT2D eigenvalue weighted by Gasteiger charge is 2.12. The summed E-state index contributed by atoms with van der Waals surface area (Å²) in [6, 6.07) is 6.59. The number of aliphatic hydroxyl groups excluding tert-OH is 1. The lowest BCUT2D eigenvalue weighted by Crippen LogP contribution is -2.28. The molecule has 0 aliphatic carbocycles. The Morgan fingerprint density at radius 2 is 1.75 bits per heavy atom. The molecule has 0 radical (unpaired) electrons. The number of aliphatic hydroxyl groups is 1. The molecule has 16 heavy (non-hydrogen) atoms. The van der Waals surface area contributed by atoms with Crippen molar-refractivity contribution in [2.75, 3.05) is 18.8 Å². The molecular weight excluding hydrogens is 228 g/mol. The van der Waals surface area contributed by atoms with Crippen molar-refractivity contribution < 1.29 is 13.5 Å². The maximum absolute atomic E-state index is 11.5. The van der Waals surface area contributed by atoms with Crippen LogP contribution in [-0.2, 0) is 10.2 Å². The van der Waals surface area contributed by atoms with Crippen LogP contribution >= 0.6 is 0 Å². The van der Waals surface area contributed by atoms with Gasteiger partial charge in [-0.25, -0.2) is 0 Å². The van der Waals surface area contributed by atoms with Crippen molar-refractivity contribution in [3.05, 3.63) is 29.8 Å². The molecule has 0 aliphatic rings. The average Bonchev–Trinajstić information content (AvgIpc) is 2.17. The molecule has 0 fully saturated rings. The van der Waals surface area contributed by atoms with E-state index in [0.717, 1.165) is 9.87 Å². The van der Waals surface area contributed by atoms with Crippen LogP contribution < -0.4 is 4.72 Å². The van der Waals surface area contributed by atoms with Crippen LogP contribution in [0.15, 0.2) is 24.3 Å². The predicted octanol–water partition coefficient (Wildman–Crippen LogP) is 0.958. The molecule has 0 aromatic heterocycles. The zero-order chi connectivity index (χ0) is 12.3. The Morgan fingerprint density at radius 3 is 2.12 bits per heavy atom. The summed E-state index contributed by atoms with van der Waals surface area (Å²) in [4.78, 5) is 0. The summed E-state index contributed by atoms with van der Waals surface area (Å²) >= 11 is 0. The molecule has 5 nitrogen and oxygen atoms in total. The largest absolute Gasteiger partial charge is 0.389 e. The van der Waals surface area contributed by atoms with Gasteiger partial charge in [-0.2, -0.15) is 12.7 Å². The average molecular weight is 244 g/mol. The fraction of sp³-hybridized carbons (Fsp3) is 0.400. The van der Waals surface area contributed by atoms with Crippen LogP contribution in [0.25, 0.3) is 0 Å². The fourth-order valence-electron chi connectivity index (χ4n) is 1.07.